The number of fused-ring (bicyclic) bond motifs is 5. The molecule has 6 atom stereocenters. The van der Waals surface area contributed by atoms with Crippen LogP contribution in [0.3, 0.4) is 0 Å². The van der Waals surface area contributed by atoms with E-state index in [1.807, 2.05) is 0 Å². The van der Waals surface area contributed by atoms with Gasteiger partial charge in [-0.15, -0.1) is 0 Å². The Morgan fingerprint density at radius 1 is 0.944 bits per heavy atom. The van der Waals surface area contributed by atoms with Crippen LogP contribution in [-0.4, -0.2) is 54.6 Å². The summed E-state index contributed by atoms with van der Waals surface area (Å²) in [7, 11) is 0. The molecule has 12 heteroatoms. The van der Waals surface area contributed by atoms with Crippen molar-refractivity contribution in [1.29, 1.82) is 0 Å². The molecule has 0 radical (unpaired) electrons. The maximum absolute atomic E-state index is 13.6. The van der Waals surface area contributed by atoms with Crippen LogP contribution in [0.25, 0.3) is 0 Å². The average molecular weight is 640 g/mol. The lowest BCUT2D eigenvalue weighted by atomic mass is 9.81. The number of nitro benzene ring substituents is 1. The van der Waals surface area contributed by atoms with Gasteiger partial charge in [0, 0.05) is 37.9 Å². The summed E-state index contributed by atoms with van der Waals surface area (Å²) in [6.45, 7) is -0.596. The fourth-order valence-corrected chi connectivity index (χ4v) is 7.54. The number of halogens is 3. The number of non-ortho nitro benzene ring substituents is 1. The van der Waals surface area contributed by atoms with Crippen LogP contribution in [0, 0.1) is 33.8 Å². The van der Waals surface area contributed by atoms with Crippen molar-refractivity contribution in [1.82, 2.24) is 10.0 Å². The van der Waals surface area contributed by atoms with Crippen molar-refractivity contribution < 1.29 is 24.1 Å². The number of alkyl halides is 2. The molecule has 1 aliphatic heterocycles. The van der Waals surface area contributed by atoms with Crippen molar-refractivity contribution in [3.63, 3.8) is 0 Å². The van der Waals surface area contributed by atoms with Gasteiger partial charge in [-0.05, 0) is 54.7 Å². The molecule has 5 rings (SSSR count). The number of hydrogen-bond donors (Lipinski definition) is 0. The minimum Gasteiger partial charge on any atom is -0.292 e. The topological polar surface area (TPSA) is 118 Å². The number of hydrogen-bond acceptors (Lipinski definition) is 6. The molecule has 9 nitrogen and oxygen atoms in total. The van der Waals surface area contributed by atoms with Gasteiger partial charge in [-0.1, -0.05) is 43.5 Å². The predicted octanol–water partition coefficient (Wildman–Crippen LogP) is 4.27. The molecule has 0 spiro atoms. The zero-order valence-corrected chi connectivity index (χ0v) is 22.4. The van der Waals surface area contributed by atoms with Crippen LogP contribution >= 0.6 is 43.5 Å². The lowest BCUT2D eigenvalue weighted by Crippen LogP contribution is -2.52. The number of carbonyl (C=O) groups is 4. The number of imide groups is 1. The molecule has 2 aliphatic carbocycles. The molecule has 2 aromatic carbocycles. The highest BCUT2D eigenvalue weighted by Crippen LogP contribution is 2.60. The van der Waals surface area contributed by atoms with Gasteiger partial charge in [0.2, 0.25) is 0 Å². The predicted molar refractivity (Wildman–Crippen MR) is 136 cm³/mol. The van der Waals surface area contributed by atoms with E-state index in [0.717, 1.165) is 16.4 Å². The van der Waals surface area contributed by atoms with Crippen LogP contribution in [0.1, 0.15) is 27.1 Å². The first-order valence-corrected chi connectivity index (χ1v) is 13.3. The maximum atomic E-state index is 13.6. The fraction of sp³-hybridized carbons (Fsp3) is 0.333. The monoisotopic (exact) mass is 637 g/mol. The summed E-state index contributed by atoms with van der Waals surface area (Å²) >= 11 is 13.2. The van der Waals surface area contributed by atoms with Crippen LogP contribution in [0.5, 0.6) is 0 Å². The second kappa shape index (κ2) is 9.35. The highest BCUT2D eigenvalue weighted by Gasteiger charge is 2.67. The number of rotatable bonds is 6. The Balaban J connectivity index is 1.49. The van der Waals surface area contributed by atoms with E-state index in [-0.39, 0.29) is 38.3 Å². The van der Waals surface area contributed by atoms with Gasteiger partial charge >= 0.3 is 0 Å². The molecule has 2 bridgehead atoms. The van der Waals surface area contributed by atoms with E-state index in [4.69, 9.17) is 11.6 Å². The maximum Gasteiger partial charge on any atom is 0.273 e. The summed E-state index contributed by atoms with van der Waals surface area (Å²) in [6.07, 6.45) is 0.722. The van der Waals surface area contributed by atoms with Gasteiger partial charge in [-0.2, -0.15) is 5.01 Å². The van der Waals surface area contributed by atoms with E-state index in [1.165, 1.54) is 48.5 Å². The largest absolute Gasteiger partial charge is 0.292 e. The normalized spacial score (nSPS) is 28.4. The second-order valence-electron chi connectivity index (χ2n) is 9.09. The summed E-state index contributed by atoms with van der Waals surface area (Å²) in [5.41, 5.74) is 0.0608. The molecule has 0 N–H and O–H groups in total. The highest BCUT2D eigenvalue weighted by atomic mass is 79.9. The zero-order valence-electron chi connectivity index (χ0n) is 18.4. The van der Waals surface area contributed by atoms with Crippen LogP contribution in [0.15, 0.2) is 48.5 Å². The van der Waals surface area contributed by atoms with Crippen LogP contribution < -0.4 is 0 Å². The number of ketones is 1. The molecule has 1 saturated heterocycles. The molecule has 0 aromatic heterocycles. The molecular formula is C24H18Br2ClN3O6. The SMILES string of the molecule is O=C(CN(C(=O)c1ccc(Cl)cc1)N1C(=O)[C@@H]2[C@H]3C[C@@H]([C@H](Br)[C@H]3Br)[C@H]2C1=O)c1ccc([N+](=O)[O-])cc1. The van der Waals surface area contributed by atoms with Crippen molar-refractivity contribution in [2.45, 2.75) is 16.1 Å². The fourth-order valence-electron chi connectivity index (χ4n) is 5.54. The van der Waals surface area contributed by atoms with Crippen molar-refractivity contribution in [2.75, 3.05) is 6.54 Å². The zero-order chi connectivity index (χ0) is 25.9. The van der Waals surface area contributed by atoms with E-state index in [2.05, 4.69) is 31.9 Å². The van der Waals surface area contributed by atoms with Gasteiger partial charge < -0.3 is 0 Å². The smallest absolute Gasteiger partial charge is 0.273 e. The Kier molecular flexibility index (Phi) is 6.50. The van der Waals surface area contributed by atoms with Gasteiger partial charge in [0.15, 0.2) is 5.78 Å². The van der Waals surface area contributed by atoms with Crippen molar-refractivity contribution in [3.8, 4) is 0 Å². The van der Waals surface area contributed by atoms with E-state index in [9.17, 15) is 29.3 Å². The summed E-state index contributed by atoms with van der Waals surface area (Å²) in [6, 6.07) is 10.8. The molecule has 3 amide bonds. The molecule has 3 fully saturated rings. The third-order valence-corrected chi connectivity index (χ3v) is 10.7. The molecule has 3 aliphatic rings. The molecular weight excluding hydrogens is 622 g/mol. The minimum absolute atomic E-state index is 0.0163. The third kappa shape index (κ3) is 3.97. The van der Waals surface area contributed by atoms with E-state index >= 15 is 0 Å². The Morgan fingerprint density at radius 3 is 1.94 bits per heavy atom. The van der Waals surface area contributed by atoms with Crippen molar-refractivity contribution in [2.24, 2.45) is 23.7 Å². The lowest BCUT2D eigenvalue weighted by Gasteiger charge is -2.30. The highest BCUT2D eigenvalue weighted by molar-refractivity contribution is 9.12. The Labute approximate surface area is 227 Å². The number of benzene rings is 2. The summed E-state index contributed by atoms with van der Waals surface area (Å²) in [5, 5.41) is 13.1. The van der Waals surface area contributed by atoms with Gasteiger partial charge in [-0.3, -0.25) is 29.3 Å². The molecule has 2 saturated carbocycles. The molecule has 1 heterocycles. The average Bonchev–Trinajstić information content (AvgIpc) is 3.47. The number of hydrazine groups is 1. The summed E-state index contributed by atoms with van der Waals surface area (Å²) in [5.74, 6) is -3.56. The number of nitro groups is 1. The van der Waals surface area contributed by atoms with Gasteiger partial charge in [0.1, 0.15) is 6.54 Å². The lowest BCUT2D eigenvalue weighted by molar-refractivity contribution is -0.384. The van der Waals surface area contributed by atoms with Crippen LogP contribution in [0.4, 0.5) is 5.69 Å². The quantitative estimate of drug-likeness (QED) is 0.153. The number of carbonyl (C=O) groups excluding carboxylic acids is 4. The van der Waals surface area contributed by atoms with E-state index in [1.54, 1.807) is 0 Å². The molecule has 36 heavy (non-hydrogen) atoms. The molecule has 186 valence electrons. The van der Waals surface area contributed by atoms with Crippen molar-refractivity contribution >= 4 is 72.7 Å². The molecule has 0 unspecified atom stereocenters. The first-order chi connectivity index (χ1) is 17.1. The second-order valence-corrected chi connectivity index (χ2v) is 11.6. The Hall–Kier alpha value is -2.63. The summed E-state index contributed by atoms with van der Waals surface area (Å²) < 4.78 is 0. The summed E-state index contributed by atoms with van der Waals surface area (Å²) in [4.78, 5) is 64.2. The first-order valence-electron chi connectivity index (χ1n) is 11.1. The molecule has 2 aromatic rings. The van der Waals surface area contributed by atoms with Crippen molar-refractivity contribution in [3.05, 3.63) is 74.8 Å². The van der Waals surface area contributed by atoms with Gasteiger partial charge in [0.25, 0.3) is 23.4 Å². The standard InChI is InChI=1S/C24H18Br2ClN3O6/c25-20-15-9-16(21(20)26)19-18(15)23(33)29(24(19)34)28(22(32)12-1-5-13(27)6-2-12)10-17(31)11-3-7-14(8-4-11)30(35)36/h1-8,15-16,18-21H,9-10H2/t15-,16-,18-,19-,20+,21+/m1/s1. The van der Waals surface area contributed by atoms with E-state index < -0.39 is 46.8 Å². The van der Waals surface area contributed by atoms with E-state index in [0.29, 0.717) is 5.02 Å². The minimum atomic E-state index is -0.707. The third-order valence-electron chi connectivity index (χ3n) is 7.22. The van der Waals surface area contributed by atoms with Crippen LogP contribution in [-0.2, 0) is 9.59 Å². The van der Waals surface area contributed by atoms with Gasteiger partial charge in [0.05, 0.1) is 16.8 Å². The van der Waals surface area contributed by atoms with Crippen LogP contribution in [0.2, 0.25) is 5.02 Å². The Morgan fingerprint density at radius 2 is 1.44 bits per heavy atom. The number of Topliss-reactive ketones (excluding diaryl/α,β-unsaturated/α-hetero) is 1. The van der Waals surface area contributed by atoms with Gasteiger partial charge in [-0.25, -0.2) is 5.01 Å². The first kappa shape index (κ1) is 25.0. The number of nitrogens with zero attached hydrogens (tertiary/aromatic N) is 3. The Bertz CT molecular complexity index is 1260. The number of amides is 3.